The maximum absolute atomic E-state index is 10.6. The van der Waals surface area contributed by atoms with Crippen LogP contribution in [-0.4, -0.2) is 24.7 Å². The molecule has 0 bridgehead atoms. The van der Waals surface area contributed by atoms with Crippen LogP contribution in [0.3, 0.4) is 0 Å². The van der Waals surface area contributed by atoms with Crippen LogP contribution in [-0.2, 0) is 9.53 Å². The molecule has 1 aliphatic heterocycles. The van der Waals surface area contributed by atoms with E-state index < -0.39 is 0 Å². The Labute approximate surface area is 72.2 Å². The fraction of sp³-hybridized carbons (Fsp3) is 0.875. The van der Waals surface area contributed by atoms with Gasteiger partial charge in [-0.2, -0.15) is 0 Å². The molecule has 1 fully saturated rings. The molecule has 12 heavy (non-hydrogen) atoms. The Hall–Kier alpha value is -0.610. The van der Waals surface area contributed by atoms with Gasteiger partial charge in [0, 0.05) is 6.54 Å². The van der Waals surface area contributed by atoms with E-state index in [1.165, 1.54) is 0 Å². The molecule has 70 valence electrons. The highest BCUT2D eigenvalue weighted by molar-refractivity contribution is 5.74. The van der Waals surface area contributed by atoms with Crippen molar-refractivity contribution in [3.05, 3.63) is 0 Å². The largest absolute Gasteiger partial charge is 0.373 e. The number of hydrogen-bond acceptors (Lipinski definition) is 3. The summed E-state index contributed by atoms with van der Waals surface area (Å²) in [7, 11) is 0. The number of rotatable bonds is 3. The average Bonchev–Trinajstić information content (AvgIpc) is 2.03. The Morgan fingerprint density at radius 3 is 2.67 bits per heavy atom. The molecule has 1 amide bonds. The zero-order valence-electron chi connectivity index (χ0n) is 7.16. The first-order valence-corrected chi connectivity index (χ1v) is 4.36. The van der Waals surface area contributed by atoms with E-state index in [4.69, 9.17) is 16.2 Å². The third-order valence-electron chi connectivity index (χ3n) is 2.13. The van der Waals surface area contributed by atoms with Crippen LogP contribution in [0.5, 0.6) is 0 Å². The average molecular weight is 172 g/mol. The second-order valence-corrected chi connectivity index (χ2v) is 3.22. The van der Waals surface area contributed by atoms with Gasteiger partial charge >= 0.3 is 0 Å². The lowest BCUT2D eigenvalue weighted by molar-refractivity contribution is -0.123. The molecule has 1 heterocycles. The summed E-state index contributed by atoms with van der Waals surface area (Å²) >= 11 is 0. The standard InChI is InChI=1S/C8H16N2O2/c9-5-7-3-1-2-6(12-7)4-8(10)11/h6-7H,1-5,9H2,(H2,10,11). The Balaban J connectivity index is 2.30. The maximum Gasteiger partial charge on any atom is 0.220 e. The highest BCUT2D eigenvalue weighted by atomic mass is 16.5. The Morgan fingerprint density at radius 2 is 2.08 bits per heavy atom. The highest BCUT2D eigenvalue weighted by Gasteiger charge is 2.22. The van der Waals surface area contributed by atoms with E-state index in [-0.39, 0.29) is 18.1 Å². The third kappa shape index (κ3) is 2.79. The molecule has 0 aromatic rings. The van der Waals surface area contributed by atoms with E-state index in [2.05, 4.69) is 0 Å². The van der Waals surface area contributed by atoms with Crippen LogP contribution < -0.4 is 11.5 Å². The SMILES string of the molecule is NCC1CCCC(CC(N)=O)O1. The van der Waals surface area contributed by atoms with Gasteiger partial charge in [0.15, 0.2) is 0 Å². The van der Waals surface area contributed by atoms with E-state index >= 15 is 0 Å². The van der Waals surface area contributed by atoms with E-state index in [1.54, 1.807) is 0 Å². The molecule has 1 aliphatic rings. The molecule has 4 heteroatoms. The van der Waals surface area contributed by atoms with Gasteiger partial charge in [-0.25, -0.2) is 0 Å². The number of carbonyl (C=O) groups excluding carboxylic acids is 1. The van der Waals surface area contributed by atoms with Crippen LogP contribution >= 0.6 is 0 Å². The summed E-state index contributed by atoms with van der Waals surface area (Å²) in [5.41, 5.74) is 10.5. The minimum atomic E-state index is -0.294. The fourth-order valence-electron chi connectivity index (χ4n) is 1.53. The van der Waals surface area contributed by atoms with Gasteiger partial charge in [-0.05, 0) is 19.3 Å². The molecule has 0 aromatic heterocycles. The van der Waals surface area contributed by atoms with Crippen LogP contribution in [0.15, 0.2) is 0 Å². The Morgan fingerprint density at radius 1 is 1.42 bits per heavy atom. The lowest BCUT2D eigenvalue weighted by Crippen LogP contribution is -2.35. The van der Waals surface area contributed by atoms with Gasteiger partial charge in [0.2, 0.25) is 5.91 Å². The van der Waals surface area contributed by atoms with Crippen LogP contribution in [0.4, 0.5) is 0 Å². The van der Waals surface area contributed by atoms with Crippen molar-refractivity contribution in [1.29, 1.82) is 0 Å². The summed E-state index contributed by atoms with van der Waals surface area (Å²) in [5, 5.41) is 0. The van der Waals surface area contributed by atoms with E-state index in [0.717, 1.165) is 19.3 Å². The van der Waals surface area contributed by atoms with Gasteiger partial charge in [0.25, 0.3) is 0 Å². The molecule has 0 aliphatic carbocycles. The monoisotopic (exact) mass is 172 g/mol. The van der Waals surface area contributed by atoms with E-state index in [9.17, 15) is 4.79 Å². The molecule has 2 unspecified atom stereocenters. The van der Waals surface area contributed by atoms with Gasteiger partial charge in [0.05, 0.1) is 18.6 Å². The molecule has 0 saturated carbocycles. The molecule has 0 spiro atoms. The fourth-order valence-corrected chi connectivity index (χ4v) is 1.53. The molecule has 2 atom stereocenters. The summed E-state index contributed by atoms with van der Waals surface area (Å²) in [4.78, 5) is 10.6. The lowest BCUT2D eigenvalue weighted by Gasteiger charge is -2.28. The second-order valence-electron chi connectivity index (χ2n) is 3.22. The summed E-state index contributed by atoms with van der Waals surface area (Å²) < 4.78 is 5.52. The number of hydrogen-bond donors (Lipinski definition) is 2. The van der Waals surface area contributed by atoms with Crippen molar-refractivity contribution in [2.45, 2.75) is 37.9 Å². The quantitative estimate of drug-likeness (QED) is 0.616. The van der Waals surface area contributed by atoms with Crippen molar-refractivity contribution in [3.63, 3.8) is 0 Å². The van der Waals surface area contributed by atoms with Crippen molar-refractivity contribution >= 4 is 5.91 Å². The summed E-state index contributed by atoms with van der Waals surface area (Å²) in [6, 6.07) is 0. The zero-order valence-corrected chi connectivity index (χ0v) is 7.16. The minimum absolute atomic E-state index is 0.00444. The van der Waals surface area contributed by atoms with Gasteiger partial charge < -0.3 is 16.2 Å². The number of carbonyl (C=O) groups is 1. The van der Waals surface area contributed by atoms with Crippen LogP contribution in [0.1, 0.15) is 25.7 Å². The smallest absolute Gasteiger partial charge is 0.220 e. The first-order chi connectivity index (χ1) is 5.72. The Kier molecular flexibility index (Phi) is 3.49. The summed E-state index contributed by atoms with van der Waals surface area (Å²) in [5.74, 6) is -0.294. The van der Waals surface area contributed by atoms with Crippen molar-refractivity contribution < 1.29 is 9.53 Å². The first kappa shape index (κ1) is 9.48. The first-order valence-electron chi connectivity index (χ1n) is 4.36. The molecular weight excluding hydrogens is 156 g/mol. The molecule has 4 N–H and O–H groups in total. The summed E-state index contributed by atoms with van der Waals surface area (Å²) in [6.45, 7) is 0.537. The zero-order chi connectivity index (χ0) is 8.97. The normalized spacial score (nSPS) is 30.1. The van der Waals surface area contributed by atoms with Crippen LogP contribution in [0.25, 0.3) is 0 Å². The molecule has 4 nitrogen and oxygen atoms in total. The van der Waals surface area contributed by atoms with Gasteiger partial charge in [-0.15, -0.1) is 0 Å². The lowest BCUT2D eigenvalue weighted by atomic mass is 10.0. The predicted octanol–water partition coefficient (Wildman–Crippen LogP) is -0.242. The van der Waals surface area contributed by atoms with Crippen molar-refractivity contribution in [2.24, 2.45) is 11.5 Å². The summed E-state index contributed by atoms with van der Waals surface area (Å²) in [6.07, 6.45) is 3.48. The van der Waals surface area contributed by atoms with Gasteiger partial charge in [-0.1, -0.05) is 0 Å². The van der Waals surface area contributed by atoms with E-state index in [1.807, 2.05) is 0 Å². The van der Waals surface area contributed by atoms with Gasteiger partial charge in [-0.3, -0.25) is 4.79 Å². The molecule has 0 aromatic carbocycles. The third-order valence-corrected chi connectivity index (χ3v) is 2.13. The number of amides is 1. The molecular formula is C8H16N2O2. The van der Waals surface area contributed by atoms with Crippen molar-refractivity contribution in [2.75, 3.05) is 6.54 Å². The topological polar surface area (TPSA) is 78.3 Å². The van der Waals surface area contributed by atoms with Crippen LogP contribution in [0.2, 0.25) is 0 Å². The van der Waals surface area contributed by atoms with Gasteiger partial charge in [0.1, 0.15) is 0 Å². The highest BCUT2D eigenvalue weighted by Crippen LogP contribution is 2.20. The van der Waals surface area contributed by atoms with E-state index in [0.29, 0.717) is 13.0 Å². The van der Waals surface area contributed by atoms with Crippen molar-refractivity contribution in [1.82, 2.24) is 0 Å². The number of nitrogens with two attached hydrogens (primary N) is 2. The molecule has 1 saturated heterocycles. The number of primary amides is 1. The molecule has 1 rings (SSSR count). The second kappa shape index (κ2) is 4.42. The Bertz CT molecular complexity index is 161. The minimum Gasteiger partial charge on any atom is -0.373 e. The van der Waals surface area contributed by atoms with Crippen molar-refractivity contribution in [3.8, 4) is 0 Å². The maximum atomic E-state index is 10.6. The predicted molar refractivity (Wildman–Crippen MR) is 45.4 cm³/mol. The molecule has 0 radical (unpaired) electrons. The van der Waals surface area contributed by atoms with Crippen LogP contribution in [0, 0.1) is 0 Å². The number of ether oxygens (including phenoxy) is 1.